The van der Waals surface area contributed by atoms with Gasteiger partial charge in [-0.3, -0.25) is 4.57 Å². The van der Waals surface area contributed by atoms with Gasteiger partial charge in [-0.15, -0.1) is 0 Å². The molecule has 0 fully saturated rings. The lowest BCUT2D eigenvalue weighted by atomic mass is 10.3. The number of aromatic nitrogens is 2. The molecule has 0 saturated carbocycles. The molecular formula is C8H9BrN2. The van der Waals surface area contributed by atoms with E-state index in [0.717, 1.165) is 4.73 Å². The molecule has 0 radical (unpaired) electrons. The van der Waals surface area contributed by atoms with Crippen molar-refractivity contribution < 1.29 is 0 Å². The third-order valence-electron chi connectivity index (χ3n) is 2.24. The second kappa shape index (κ2) is 2.21. The number of allylic oxidation sites excluding steroid dienone is 2. The van der Waals surface area contributed by atoms with E-state index in [1.807, 2.05) is 6.20 Å². The monoisotopic (exact) mass is 212 g/mol. The van der Waals surface area contributed by atoms with E-state index in [9.17, 15) is 0 Å². The van der Waals surface area contributed by atoms with Crippen LogP contribution in [-0.4, -0.2) is 9.55 Å². The molecule has 1 aromatic heterocycles. The minimum absolute atomic E-state index is 0.639. The smallest absolute Gasteiger partial charge is 0.181 e. The summed E-state index contributed by atoms with van der Waals surface area (Å²) in [5.74, 6) is 0.639. The van der Waals surface area contributed by atoms with Crippen LogP contribution >= 0.6 is 15.9 Å². The summed E-state index contributed by atoms with van der Waals surface area (Å²) in [5, 5.41) is 0. The third-order valence-corrected chi connectivity index (χ3v) is 2.82. The molecule has 0 N–H and O–H groups in total. The fourth-order valence-electron chi connectivity index (χ4n) is 1.32. The van der Waals surface area contributed by atoms with Crippen molar-refractivity contribution in [1.82, 2.24) is 9.55 Å². The molecule has 1 unspecified atom stereocenters. The molecule has 3 heteroatoms. The first-order valence-corrected chi connectivity index (χ1v) is 4.41. The summed E-state index contributed by atoms with van der Waals surface area (Å²) in [6, 6.07) is 0. The van der Waals surface area contributed by atoms with Crippen LogP contribution in [0, 0.1) is 5.92 Å². The van der Waals surface area contributed by atoms with Crippen molar-refractivity contribution in [3.8, 4) is 0 Å². The molecule has 0 bridgehead atoms. The number of hydrogen-bond acceptors (Lipinski definition) is 1. The van der Waals surface area contributed by atoms with E-state index in [1.165, 1.54) is 11.3 Å². The van der Waals surface area contributed by atoms with Crippen LogP contribution in [0.3, 0.4) is 0 Å². The van der Waals surface area contributed by atoms with Gasteiger partial charge in [0.15, 0.2) is 4.73 Å². The number of imidazole rings is 1. The van der Waals surface area contributed by atoms with Crippen LogP contribution in [0.5, 0.6) is 0 Å². The minimum Gasteiger partial charge on any atom is -0.298 e. The third kappa shape index (κ3) is 0.948. The summed E-state index contributed by atoms with van der Waals surface area (Å²) < 4.78 is 2.98. The topological polar surface area (TPSA) is 17.8 Å². The Morgan fingerprint density at radius 1 is 1.64 bits per heavy atom. The van der Waals surface area contributed by atoms with Crippen LogP contribution in [0.25, 0.3) is 5.70 Å². The van der Waals surface area contributed by atoms with Gasteiger partial charge in [0.2, 0.25) is 0 Å². The Balaban J connectivity index is 2.40. The Hall–Kier alpha value is -0.570. The molecule has 1 heterocycles. The van der Waals surface area contributed by atoms with Crippen molar-refractivity contribution in [2.75, 3.05) is 0 Å². The van der Waals surface area contributed by atoms with E-state index < -0.39 is 0 Å². The van der Waals surface area contributed by atoms with E-state index >= 15 is 0 Å². The van der Waals surface area contributed by atoms with Crippen LogP contribution in [-0.2, 0) is 0 Å². The largest absolute Gasteiger partial charge is 0.298 e. The lowest BCUT2D eigenvalue weighted by Crippen LogP contribution is -1.88. The summed E-state index contributed by atoms with van der Waals surface area (Å²) in [5.41, 5.74) is 2.85. The molecule has 58 valence electrons. The van der Waals surface area contributed by atoms with Crippen LogP contribution in [0.1, 0.15) is 13.8 Å². The second-order valence-corrected chi connectivity index (χ2v) is 3.57. The predicted octanol–water partition coefficient (Wildman–Crippen LogP) is 2.53. The Morgan fingerprint density at radius 3 is 2.64 bits per heavy atom. The molecular weight excluding hydrogens is 204 g/mol. The lowest BCUT2D eigenvalue weighted by Gasteiger charge is -1.95. The average Bonchev–Trinajstić information content (AvgIpc) is 2.44. The normalized spacial score (nSPS) is 22.6. The highest BCUT2D eigenvalue weighted by molar-refractivity contribution is 9.10. The first kappa shape index (κ1) is 7.10. The van der Waals surface area contributed by atoms with Crippen LogP contribution in [0.15, 0.2) is 22.7 Å². The zero-order chi connectivity index (χ0) is 8.01. The molecule has 0 spiro atoms. The van der Waals surface area contributed by atoms with Crippen LogP contribution < -0.4 is 0 Å². The summed E-state index contributed by atoms with van der Waals surface area (Å²) >= 11 is 3.38. The number of hydrogen-bond donors (Lipinski definition) is 0. The zero-order valence-corrected chi connectivity index (χ0v) is 8.09. The van der Waals surface area contributed by atoms with Crippen molar-refractivity contribution >= 4 is 21.6 Å². The molecule has 0 aliphatic heterocycles. The molecule has 2 rings (SSSR count). The quantitative estimate of drug-likeness (QED) is 0.700. The maximum Gasteiger partial charge on any atom is 0.181 e. The van der Waals surface area contributed by atoms with E-state index in [0.29, 0.717) is 5.92 Å². The molecule has 11 heavy (non-hydrogen) atoms. The summed E-state index contributed by atoms with van der Waals surface area (Å²) in [7, 11) is 0. The molecule has 1 aliphatic carbocycles. The summed E-state index contributed by atoms with van der Waals surface area (Å²) in [6.07, 6.45) is 3.78. The van der Waals surface area contributed by atoms with E-state index in [-0.39, 0.29) is 0 Å². The van der Waals surface area contributed by atoms with Gasteiger partial charge in [-0.1, -0.05) is 6.92 Å². The number of rotatable bonds is 1. The standard InChI is InChI=1S/C8H9BrN2/c1-5-6(2)7(5)11-4-3-10-8(11)9/h3-5H,1-2H3. The molecule has 0 saturated heterocycles. The fourth-order valence-corrected chi connectivity index (χ4v) is 1.75. The van der Waals surface area contributed by atoms with Gasteiger partial charge in [0, 0.05) is 24.0 Å². The Bertz CT molecular complexity index is 325. The van der Waals surface area contributed by atoms with Gasteiger partial charge in [0.05, 0.1) is 0 Å². The second-order valence-electron chi connectivity index (χ2n) is 2.86. The van der Waals surface area contributed by atoms with Gasteiger partial charge in [-0.25, -0.2) is 4.98 Å². The first-order valence-electron chi connectivity index (χ1n) is 3.61. The van der Waals surface area contributed by atoms with Crippen molar-refractivity contribution in [1.29, 1.82) is 0 Å². The Morgan fingerprint density at radius 2 is 2.27 bits per heavy atom. The highest BCUT2D eigenvalue weighted by Crippen LogP contribution is 2.43. The van der Waals surface area contributed by atoms with Gasteiger partial charge in [0.25, 0.3) is 0 Å². The van der Waals surface area contributed by atoms with Crippen molar-refractivity contribution in [3.63, 3.8) is 0 Å². The summed E-state index contributed by atoms with van der Waals surface area (Å²) in [4.78, 5) is 4.09. The predicted molar refractivity (Wildman–Crippen MR) is 48.0 cm³/mol. The average molecular weight is 213 g/mol. The Kier molecular flexibility index (Phi) is 1.42. The van der Waals surface area contributed by atoms with Gasteiger partial charge in [-0.05, 0) is 28.4 Å². The van der Waals surface area contributed by atoms with Gasteiger partial charge in [0.1, 0.15) is 0 Å². The lowest BCUT2D eigenvalue weighted by molar-refractivity contribution is 0.953. The number of halogens is 1. The molecule has 2 nitrogen and oxygen atoms in total. The highest BCUT2D eigenvalue weighted by atomic mass is 79.9. The molecule has 0 amide bonds. The van der Waals surface area contributed by atoms with Gasteiger partial charge >= 0.3 is 0 Å². The van der Waals surface area contributed by atoms with Crippen LogP contribution in [0.4, 0.5) is 0 Å². The van der Waals surface area contributed by atoms with Gasteiger partial charge < -0.3 is 0 Å². The van der Waals surface area contributed by atoms with Crippen molar-refractivity contribution in [2.24, 2.45) is 5.92 Å². The maximum atomic E-state index is 4.09. The Labute approximate surface area is 74.1 Å². The molecule has 1 atom stereocenters. The SMILES string of the molecule is CC1=C(n2ccnc2Br)C1C. The highest BCUT2D eigenvalue weighted by Gasteiger charge is 2.30. The van der Waals surface area contributed by atoms with Crippen LogP contribution in [0.2, 0.25) is 0 Å². The number of nitrogens with zero attached hydrogens (tertiary/aromatic N) is 2. The van der Waals surface area contributed by atoms with E-state index in [4.69, 9.17) is 0 Å². The van der Waals surface area contributed by atoms with Crippen molar-refractivity contribution in [3.05, 3.63) is 22.7 Å². The molecule has 1 aliphatic rings. The first-order chi connectivity index (χ1) is 5.22. The summed E-state index contributed by atoms with van der Waals surface area (Å²) in [6.45, 7) is 4.36. The molecule has 1 aromatic rings. The minimum atomic E-state index is 0.639. The molecule has 0 aromatic carbocycles. The fraction of sp³-hybridized carbons (Fsp3) is 0.375. The van der Waals surface area contributed by atoms with Crippen molar-refractivity contribution in [2.45, 2.75) is 13.8 Å². The van der Waals surface area contributed by atoms with E-state index in [2.05, 4.69) is 39.3 Å². The maximum absolute atomic E-state index is 4.09. The zero-order valence-electron chi connectivity index (χ0n) is 6.50. The van der Waals surface area contributed by atoms with Gasteiger partial charge in [-0.2, -0.15) is 0 Å². The van der Waals surface area contributed by atoms with E-state index in [1.54, 1.807) is 6.20 Å².